The van der Waals surface area contributed by atoms with Crippen molar-refractivity contribution in [2.75, 3.05) is 45.2 Å². The van der Waals surface area contributed by atoms with Crippen LogP contribution in [0.25, 0.3) is 0 Å². The first-order chi connectivity index (χ1) is 23.6. The summed E-state index contributed by atoms with van der Waals surface area (Å²) in [6.07, 6.45) is 23.4. The Hall–Kier alpha value is -3.14. The molecule has 3 heteroatoms. The zero-order valence-corrected chi connectivity index (χ0v) is 32.8. The predicted octanol–water partition coefficient (Wildman–Crippen LogP) is 12.6. The number of nitrogens with zero attached hydrogens (tertiary/aromatic N) is 3. The summed E-state index contributed by atoms with van der Waals surface area (Å²) < 4.78 is 0. The van der Waals surface area contributed by atoms with Crippen LogP contribution in [0.15, 0.2) is 109 Å². The first-order valence-corrected chi connectivity index (χ1v) is 19.2. The summed E-state index contributed by atoms with van der Waals surface area (Å²) in [5.41, 5.74) is 9.07. The van der Waals surface area contributed by atoms with Gasteiger partial charge in [-0.25, -0.2) is 0 Å². The van der Waals surface area contributed by atoms with Crippen molar-refractivity contribution in [3.63, 3.8) is 0 Å². The van der Waals surface area contributed by atoms with Gasteiger partial charge in [0.05, 0.1) is 6.04 Å². The van der Waals surface area contributed by atoms with Crippen molar-refractivity contribution in [3.8, 4) is 0 Å². The van der Waals surface area contributed by atoms with Crippen LogP contribution in [0.4, 0.5) is 5.69 Å². The maximum atomic E-state index is 4.32. The molecule has 49 heavy (non-hydrogen) atoms. The molecular weight excluding hydrogens is 595 g/mol. The first kappa shape index (κ1) is 42.0. The van der Waals surface area contributed by atoms with Crippen LogP contribution in [0.2, 0.25) is 0 Å². The topological polar surface area (TPSA) is 9.72 Å². The maximum Gasteiger partial charge on any atom is 0.0627 e. The van der Waals surface area contributed by atoms with Gasteiger partial charge in [-0.1, -0.05) is 119 Å². The lowest BCUT2D eigenvalue weighted by Crippen LogP contribution is -2.32. The monoisotopic (exact) mass is 666 g/mol. The smallest absolute Gasteiger partial charge is 0.0627 e. The Balaban J connectivity index is 0.000000325. The highest BCUT2D eigenvalue weighted by atomic mass is 15.2. The van der Waals surface area contributed by atoms with Crippen molar-refractivity contribution in [2.24, 2.45) is 0 Å². The minimum atomic E-state index is 0.219. The molecule has 0 N–H and O–H groups in total. The van der Waals surface area contributed by atoms with Crippen molar-refractivity contribution in [1.82, 2.24) is 9.80 Å². The van der Waals surface area contributed by atoms with Gasteiger partial charge in [0.15, 0.2) is 0 Å². The molecule has 1 saturated carbocycles. The third-order valence-electron chi connectivity index (χ3n) is 9.46. The second-order valence-corrected chi connectivity index (χ2v) is 14.4. The summed E-state index contributed by atoms with van der Waals surface area (Å²) in [4.78, 5) is 7.18. The highest BCUT2D eigenvalue weighted by molar-refractivity contribution is 5.56. The fraction of sp³-hybridized carbons (Fsp3) is 0.522. The van der Waals surface area contributed by atoms with Crippen molar-refractivity contribution in [2.45, 2.75) is 118 Å². The fourth-order valence-electron chi connectivity index (χ4n) is 6.81. The standard InChI is InChI=1S/C27H35N.C10H24N2.C9H12/c1-20(2)19-27(26-14-10-9-11-22(26)5)28(21(3)4)25-17-15-24(16-18-25)23-12-7-6-8-13-23;1-5-7-12(8-6-2)10-9-11(3)4;1-2-9-7-5-3-4-6-8-9/h9-11,14-18,23,27H,1,3,6-8,12-13,19H2,2,4-5H3;5-10H2,1-4H3;3,5-8H,2,4H2,1H3. The van der Waals surface area contributed by atoms with E-state index in [1.54, 1.807) is 0 Å². The maximum absolute atomic E-state index is 4.32. The number of allylic oxidation sites excluding steroid dienone is 7. The summed E-state index contributed by atoms with van der Waals surface area (Å²) in [5.74, 6) is 0.740. The molecule has 0 spiro atoms. The molecule has 1 fully saturated rings. The van der Waals surface area contributed by atoms with E-state index in [0.717, 1.165) is 30.9 Å². The van der Waals surface area contributed by atoms with E-state index < -0.39 is 0 Å². The van der Waals surface area contributed by atoms with Crippen LogP contribution in [0.3, 0.4) is 0 Å². The summed E-state index contributed by atoms with van der Waals surface area (Å²) >= 11 is 0. The van der Waals surface area contributed by atoms with Crippen LogP contribution < -0.4 is 4.90 Å². The summed E-state index contributed by atoms with van der Waals surface area (Å²) in [6.45, 7) is 26.5. The number of aryl methyl sites for hydroxylation is 1. The van der Waals surface area contributed by atoms with Gasteiger partial charge in [-0.05, 0) is 133 Å². The molecule has 2 aromatic rings. The molecule has 0 heterocycles. The Morgan fingerprint density at radius 3 is 2.02 bits per heavy atom. The number of benzene rings is 2. The molecule has 3 nitrogen and oxygen atoms in total. The number of rotatable bonds is 15. The molecule has 1 atom stereocenters. The van der Waals surface area contributed by atoms with Gasteiger partial charge >= 0.3 is 0 Å². The van der Waals surface area contributed by atoms with Crippen LogP contribution in [0.1, 0.15) is 127 Å². The van der Waals surface area contributed by atoms with Gasteiger partial charge in [0.1, 0.15) is 0 Å². The summed E-state index contributed by atoms with van der Waals surface area (Å²) in [6, 6.07) is 18.2. The molecule has 2 aliphatic carbocycles. The molecule has 0 bridgehead atoms. The van der Waals surface area contributed by atoms with E-state index in [2.05, 4.69) is 162 Å². The van der Waals surface area contributed by atoms with Gasteiger partial charge in [0, 0.05) is 24.5 Å². The van der Waals surface area contributed by atoms with Crippen molar-refractivity contribution < 1.29 is 0 Å². The molecule has 270 valence electrons. The lowest BCUT2D eigenvalue weighted by atomic mass is 9.84. The quantitative estimate of drug-likeness (QED) is 0.175. The third kappa shape index (κ3) is 16.0. The Morgan fingerprint density at radius 2 is 1.47 bits per heavy atom. The molecule has 1 unspecified atom stereocenters. The number of anilines is 1. The lowest BCUT2D eigenvalue weighted by Gasteiger charge is -2.36. The summed E-state index contributed by atoms with van der Waals surface area (Å²) in [7, 11) is 4.27. The molecule has 0 aliphatic heterocycles. The molecule has 2 aliphatic rings. The van der Waals surface area contributed by atoms with Crippen LogP contribution in [-0.2, 0) is 0 Å². The Kier molecular flexibility index (Phi) is 20.7. The van der Waals surface area contributed by atoms with Gasteiger partial charge in [-0.2, -0.15) is 0 Å². The van der Waals surface area contributed by atoms with E-state index in [1.807, 2.05) is 0 Å². The van der Waals surface area contributed by atoms with E-state index >= 15 is 0 Å². The van der Waals surface area contributed by atoms with Gasteiger partial charge in [-0.15, -0.1) is 6.58 Å². The molecule has 2 aromatic carbocycles. The normalized spacial score (nSPS) is 15.0. The van der Waals surface area contributed by atoms with E-state index in [9.17, 15) is 0 Å². The van der Waals surface area contributed by atoms with Gasteiger partial charge < -0.3 is 14.7 Å². The zero-order chi connectivity index (χ0) is 36.0. The first-order valence-electron chi connectivity index (χ1n) is 19.2. The van der Waals surface area contributed by atoms with Crippen LogP contribution >= 0.6 is 0 Å². The van der Waals surface area contributed by atoms with Crippen LogP contribution in [0, 0.1) is 6.92 Å². The average molecular weight is 666 g/mol. The highest BCUT2D eigenvalue weighted by Gasteiger charge is 2.24. The second-order valence-electron chi connectivity index (χ2n) is 14.4. The number of hydrogen-bond acceptors (Lipinski definition) is 3. The summed E-state index contributed by atoms with van der Waals surface area (Å²) in [5, 5.41) is 0. The Labute approximate surface area is 303 Å². The minimum Gasteiger partial charge on any atom is -0.338 e. The van der Waals surface area contributed by atoms with E-state index in [1.165, 1.54) is 105 Å². The Bertz CT molecular complexity index is 1300. The van der Waals surface area contributed by atoms with Gasteiger partial charge in [-0.3, -0.25) is 0 Å². The second kappa shape index (κ2) is 24.1. The molecule has 0 radical (unpaired) electrons. The molecule has 0 amide bonds. The molecule has 0 aromatic heterocycles. The SMILES string of the molecule is C=C(C)CC(c1ccccc1C)N(C(=C)C)c1ccc(C2CCCCC2)cc1.CCC1=CC=CCC=C1.CCCN(CCC)CCN(C)C. The fourth-order valence-corrected chi connectivity index (χ4v) is 6.81. The third-order valence-corrected chi connectivity index (χ3v) is 9.46. The predicted molar refractivity (Wildman–Crippen MR) is 220 cm³/mol. The van der Waals surface area contributed by atoms with Crippen molar-refractivity contribution in [1.29, 1.82) is 0 Å². The zero-order valence-electron chi connectivity index (χ0n) is 32.8. The van der Waals surface area contributed by atoms with Crippen LogP contribution in [0.5, 0.6) is 0 Å². The van der Waals surface area contributed by atoms with Crippen LogP contribution in [-0.4, -0.2) is 50.1 Å². The van der Waals surface area contributed by atoms with Crippen molar-refractivity contribution >= 4 is 5.69 Å². The van der Waals surface area contributed by atoms with Gasteiger partial charge in [0.25, 0.3) is 0 Å². The van der Waals surface area contributed by atoms with E-state index in [-0.39, 0.29) is 6.04 Å². The number of likely N-dealkylation sites (N-methyl/N-ethyl adjacent to an activating group) is 1. The van der Waals surface area contributed by atoms with E-state index in [0.29, 0.717) is 0 Å². The number of hydrogen-bond donors (Lipinski definition) is 0. The van der Waals surface area contributed by atoms with Crippen molar-refractivity contribution in [3.05, 3.63) is 126 Å². The molecule has 0 saturated heterocycles. The van der Waals surface area contributed by atoms with E-state index in [4.69, 9.17) is 0 Å². The minimum absolute atomic E-state index is 0.219. The highest BCUT2D eigenvalue weighted by Crippen LogP contribution is 2.38. The Morgan fingerprint density at radius 1 is 0.816 bits per heavy atom. The molecule has 4 rings (SSSR count). The average Bonchev–Trinajstić information content (AvgIpc) is 3.38. The lowest BCUT2D eigenvalue weighted by molar-refractivity contribution is 0.241. The molecular formula is C46H71N3. The largest absolute Gasteiger partial charge is 0.338 e. The van der Waals surface area contributed by atoms with Gasteiger partial charge in [0.2, 0.25) is 0 Å².